The minimum Gasteiger partial charge on any atom is -0.342 e. The van der Waals surface area contributed by atoms with Crippen LogP contribution in [0, 0.1) is 11.3 Å². The van der Waals surface area contributed by atoms with Crippen LogP contribution >= 0.6 is 0 Å². The third kappa shape index (κ3) is 2.62. The molecule has 1 saturated carbocycles. The number of rotatable bonds is 2. The van der Waals surface area contributed by atoms with Crippen LogP contribution in [0.3, 0.4) is 0 Å². The first-order chi connectivity index (χ1) is 11.7. The maximum atomic E-state index is 12.7. The predicted molar refractivity (Wildman–Crippen MR) is 93.6 cm³/mol. The normalized spacial score (nSPS) is 24.1. The van der Waals surface area contributed by atoms with Crippen LogP contribution in [-0.2, 0) is 9.59 Å². The molecule has 128 valence electrons. The fourth-order valence-electron chi connectivity index (χ4n) is 4.59. The standard InChI is InChI=1S/C20H26N2O2/c23-18(16-7-3-1-4-8-16)21-13-11-20(12-14-21)15-22(19(20)24)17-9-5-2-6-10-17/h2,5-6,9-10,16H,1,3-4,7-8,11-15H2. The summed E-state index contributed by atoms with van der Waals surface area (Å²) in [6.45, 7) is 2.31. The Morgan fingerprint density at radius 3 is 2.29 bits per heavy atom. The van der Waals surface area contributed by atoms with Gasteiger partial charge in [0, 0.05) is 31.2 Å². The highest BCUT2D eigenvalue weighted by atomic mass is 16.2. The molecule has 2 saturated heterocycles. The van der Waals surface area contributed by atoms with Gasteiger partial charge in [0.05, 0.1) is 5.41 Å². The fourth-order valence-corrected chi connectivity index (χ4v) is 4.59. The lowest BCUT2D eigenvalue weighted by atomic mass is 9.70. The van der Waals surface area contributed by atoms with Crippen molar-refractivity contribution in [1.29, 1.82) is 0 Å². The number of anilines is 1. The van der Waals surface area contributed by atoms with Gasteiger partial charge in [-0.3, -0.25) is 9.59 Å². The van der Waals surface area contributed by atoms with Gasteiger partial charge in [-0.1, -0.05) is 37.5 Å². The molecule has 1 spiro atoms. The Balaban J connectivity index is 1.35. The summed E-state index contributed by atoms with van der Waals surface area (Å²) in [6, 6.07) is 9.90. The van der Waals surface area contributed by atoms with Gasteiger partial charge in [-0.25, -0.2) is 0 Å². The van der Waals surface area contributed by atoms with Crippen LogP contribution in [-0.4, -0.2) is 36.3 Å². The quantitative estimate of drug-likeness (QED) is 0.783. The number of amides is 2. The molecule has 24 heavy (non-hydrogen) atoms. The average molecular weight is 326 g/mol. The summed E-state index contributed by atoms with van der Waals surface area (Å²) in [4.78, 5) is 29.3. The summed E-state index contributed by atoms with van der Waals surface area (Å²) in [5, 5.41) is 0. The van der Waals surface area contributed by atoms with Crippen LogP contribution < -0.4 is 4.90 Å². The van der Waals surface area contributed by atoms with Crippen molar-refractivity contribution in [2.24, 2.45) is 11.3 Å². The summed E-state index contributed by atoms with van der Waals surface area (Å²) in [6.07, 6.45) is 7.43. The van der Waals surface area contributed by atoms with Crippen LogP contribution in [0.5, 0.6) is 0 Å². The highest BCUT2D eigenvalue weighted by Crippen LogP contribution is 2.44. The first-order valence-electron chi connectivity index (χ1n) is 9.35. The third-order valence-electron chi connectivity index (χ3n) is 6.21. The highest BCUT2D eigenvalue weighted by molar-refractivity contribution is 6.04. The first kappa shape index (κ1) is 15.7. The van der Waals surface area contributed by atoms with Crippen molar-refractivity contribution in [1.82, 2.24) is 4.90 Å². The number of carbonyl (C=O) groups is 2. The monoisotopic (exact) mass is 326 g/mol. The van der Waals surface area contributed by atoms with Crippen LogP contribution in [0.25, 0.3) is 0 Å². The van der Waals surface area contributed by atoms with E-state index in [0.717, 1.165) is 51.0 Å². The Morgan fingerprint density at radius 1 is 1.00 bits per heavy atom. The summed E-state index contributed by atoms with van der Waals surface area (Å²) >= 11 is 0. The van der Waals surface area contributed by atoms with Gasteiger partial charge in [0.1, 0.15) is 0 Å². The van der Waals surface area contributed by atoms with Crippen molar-refractivity contribution in [2.75, 3.05) is 24.5 Å². The zero-order valence-electron chi connectivity index (χ0n) is 14.2. The van der Waals surface area contributed by atoms with Crippen molar-refractivity contribution in [3.63, 3.8) is 0 Å². The van der Waals surface area contributed by atoms with E-state index < -0.39 is 0 Å². The van der Waals surface area contributed by atoms with E-state index >= 15 is 0 Å². The molecule has 4 nitrogen and oxygen atoms in total. The Morgan fingerprint density at radius 2 is 1.67 bits per heavy atom. The molecular formula is C20H26N2O2. The Kier molecular flexibility index (Phi) is 4.07. The van der Waals surface area contributed by atoms with Gasteiger partial charge in [-0.15, -0.1) is 0 Å². The number of piperidine rings is 1. The van der Waals surface area contributed by atoms with E-state index in [4.69, 9.17) is 0 Å². The van der Waals surface area contributed by atoms with Gasteiger partial charge in [-0.05, 0) is 37.8 Å². The number of likely N-dealkylation sites (tertiary alicyclic amines) is 1. The molecule has 0 radical (unpaired) electrons. The van der Waals surface area contributed by atoms with Crippen molar-refractivity contribution < 1.29 is 9.59 Å². The average Bonchev–Trinajstić information content (AvgIpc) is 2.67. The van der Waals surface area contributed by atoms with E-state index in [1.54, 1.807) is 0 Å². The van der Waals surface area contributed by atoms with Gasteiger partial charge in [-0.2, -0.15) is 0 Å². The number of nitrogens with zero attached hydrogens (tertiary/aromatic N) is 2. The molecule has 4 heteroatoms. The summed E-state index contributed by atoms with van der Waals surface area (Å²) in [5.74, 6) is 0.834. The second kappa shape index (κ2) is 6.23. The molecule has 0 N–H and O–H groups in total. The SMILES string of the molecule is O=C(C1CCCCC1)N1CCC2(CC1)CN(c1ccccc1)C2=O. The molecule has 0 atom stereocenters. The van der Waals surface area contributed by atoms with Gasteiger partial charge < -0.3 is 9.80 Å². The Bertz CT molecular complexity index is 614. The minimum absolute atomic E-state index is 0.209. The Hall–Kier alpha value is -1.84. The molecule has 0 aromatic heterocycles. The summed E-state index contributed by atoms with van der Waals surface area (Å²) < 4.78 is 0. The summed E-state index contributed by atoms with van der Waals surface area (Å²) in [7, 11) is 0. The third-order valence-corrected chi connectivity index (χ3v) is 6.21. The number of para-hydroxylation sites is 1. The predicted octanol–water partition coefficient (Wildman–Crippen LogP) is 3.22. The van der Waals surface area contributed by atoms with E-state index in [1.807, 2.05) is 40.1 Å². The van der Waals surface area contributed by atoms with Crippen LogP contribution in [0.2, 0.25) is 0 Å². The molecule has 1 aromatic carbocycles. The van der Waals surface area contributed by atoms with Gasteiger partial charge in [0.15, 0.2) is 0 Å². The number of hydrogen-bond acceptors (Lipinski definition) is 2. The fraction of sp³-hybridized carbons (Fsp3) is 0.600. The zero-order chi connectivity index (χ0) is 16.6. The lowest BCUT2D eigenvalue weighted by Crippen LogP contribution is -2.65. The molecule has 1 aliphatic carbocycles. The maximum Gasteiger partial charge on any atom is 0.235 e. The molecule has 0 unspecified atom stereocenters. The van der Waals surface area contributed by atoms with Crippen LogP contribution in [0.4, 0.5) is 5.69 Å². The zero-order valence-corrected chi connectivity index (χ0v) is 14.2. The summed E-state index contributed by atoms with van der Waals surface area (Å²) in [5.41, 5.74) is 0.785. The highest BCUT2D eigenvalue weighted by Gasteiger charge is 2.54. The lowest BCUT2D eigenvalue weighted by molar-refractivity contribution is -0.146. The van der Waals surface area contributed by atoms with E-state index in [-0.39, 0.29) is 17.2 Å². The second-order valence-corrected chi connectivity index (χ2v) is 7.67. The number of carbonyl (C=O) groups excluding carboxylic acids is 2. The van der Waals surface area contributed by atoms with Crippen molar-refractivity contribution in [2.45, 2.75) is 44.9 Å². The van der Waals surface area contributed by atoms with Gasteiger partial charge in [0.25, 0.3) is 0 Å². The molecular weight excluding hydrogens is 300 g/mol. The number of hydrogen-bond donors (Lipinski definition) is 0. The van der Waals surface area contributed by atoms with Crippen molar-refractivity contribution >= 4 is 17.5 Å². The van der Waals surface area contributed by atoms with Crippen molar-refractivity contribution in [3.05, 3.63) is 30.3 Å². The Labute approximate surface area is 143 Å². The van der Waals surface area contributed by atoms with Crippen LogP contribution in [0.1, 0.15) is 44.9 Å². The van der Waals surface area contributed by atoms with E-state index in [2.05, 4.69) is 0 Å². The number of β-lactam (4-membered cyclic amide) rings is 1. The smallest absolute Gasteiger partial charge is 0.235 e. The van der Waals surface area contributed by atoms with E-state index in [0.29, 0.717) is 5.91 Å². The molecule has 2 amide bonds. The van der Waals surface area contributed by atoms with Crippen molar-refractivity contribution in [3.8, 4) is 0 Å². The minimum atomic E-state index is -0.209. The molecule has 0 bridgehead atoms. The van der Waals surface area contributed by atoms with Gasteiger partial charge >= 0.3 is 0 Å². The molecule has 3 aliphatic rings. The molecule has 3 fully saturated rings. The topological polar surface area (TPSA) is 40.6 Å². The van der Waals surface area contributed by atoms with E-state index in [9.17, 15) is 9.59 Å². The van der Waals surface area contributed by atoms with Gasteiger partial charge in [0.2, 0.25) is 11.8 Å². The molecule has 2 aliphatic heterocycles. The van der Waals surface area contributed by atoms with E-state index in [1.165, 1.54) is 19.3 Å². The maximum absolute atomic E-state index is 12.7. The molecule has 2 heterocycles. The molecule has 1 aromatic rings. The first-order valence-corrected chi connectivity index (χ1v) is 9.35. The lowest BCUT2D eigenvalue weighted by Gasteiger charge is -2.52. The number of benzene rings is 1. The largest absolute Gasteiger partial charge is 0.342 e. The molecule has 4 rings (SSSR count). The van der Waals surface area contributed by atoms with Crippen LogP contribution in [0.15, 0.2) is 30.3 Å². The second-order valence-electron chi connectivity index (χ2n) is 7.67.